The third-order valence-corrected chi connectivity index (χ3v) is 2.18. The van der Waals surface area contributed by atoms with E-state index in [-0.39, 0.29) is 17.1 Å². The lowest BCUT2D eigenvalue weighted by atomic mass is 9.80. The Bertz CT molecular complexity index is 133. The average Bonchev–Trinajstić information content (AvgIpc) is 1.85. The minimum atomic E-state index is -0.229. The molecule has 12 heavy (non-hydrogen) atoms. The lowest BCUT2D eigenvalue weighted by molar-refractivity contribution is -0.136. The zero-order valence-corrected chi connectivity index (χ0v) is 9.39. The fourth-order valence-corrected chi connectivity index (χ4v) is 1.79. The second kappa shape index (κ2) is 3.75. The number of hydrogen-bond acceptors (Lipinski definition) is 2. The normalized spacial score (nSPS) is 16.2. The SMILES string of the molecule is CO[C@H](C(C)(C)C)C(C)(C)OC. The smallest absolute Gasteiger partial charge is 0.0903 e. The molecule has 0 amide bonds. The summed E-state index contributed by atoms with van der Waals surface area (Å²) in [6, 6.07) is 0. The van der Waals surface area contributed by atoms with Crippen molar-refractivity contribution < 1.29 is 9.47 Å². The Morgan fingerprint density at radius 2 is 1.33 bits per heavy atom. The summed E-state index contributed by atoms with van der Waals surface area (Å²) >= 11 is 0. The Balaban J connectivity index is 4.56. The number of hydrogen-bond donors (Lipinski definition) is 0. The van der Waals surface area contributed by atoms with Crippen LogP contribution in [-0.2, 0) is 9.47 Å². The van der Waals surface area contributed by atoms with Gasteiger partial charge in [-0.05, 0) is 19.3 Å². The molecule has 0 radical (unpaired) electrons. The summed E-state index contributed by atoms with van der Waals surface area (Å²) in [6.07, 6.45) is 0.106. The second-order valence-electron chi connectivity index (χ2n) is 4.79. The van der Waals surface area contributed by atoms with Crippen LogP contribution in [0.25, 0.3) is 0 Å². The third kappa shape index (κ3) is 2.76. The van der Waals surface area contributed by atoms with Crippen molar-refractivity contribution in [3.63, 3.8) is 0 Å². The molecule has 74 valence electrons. The molecule has 0 fully saturated rings. The molecule has 0 aliphatic carbocycles. The minimum absolute atomic E-state index is 0.105. The van der Waals surface area contributed by atoms with E-state index in [9.17, 15) is 0 Å². The maximum atomic E-state index is 5.45. The minimum Gasteiger partial charge on any atom is -0.378 e. The Morgan fingerprint density at radius 1 is 0.917 bits per heavy atom. The van der Waals surface area contributed by atoms with Crippen molar-refractivity contribution >= 4 is 0 Å². The van der Waals surface area contributed by atoms with Gasteiger partial charge in [-0.15, -0.1) is 0 Å². The molecule has 0 spiro atoms. The molecule has 0 aliphatic heterocycles. The van der Waals surface area contributed by atoms with Gasteiger partial charge in [0, 0.05) is 14.2 Å². The first kappa shape index (κ1) is 11.9. The molecule has 1 atom stereocenters. The molecule has 0 rings (SSSR count). The van der Waals surface area contributed by atoms with E-state index in [1.54, 1.807) is 14.2 Å². The molecule has 0 unspecified atom stereocenters. The summed E-state index contributed by atoms with van der Waals surface area (Å²) in [4.78, 5) is 0. The van der Waals surface area contributed by atoms with Crippen LogP contribution < -0.4 is 0 Å². The Hall–Kier alpha value is -0.0800. The lowest BCUT2D eigenvalue weighted by Crippen LogP contribution is -2.47. The fraction of sp³-hybridized carbons (Fsp3) is 1.00. The van der Waals surface area contributed by atoms with Gasteiger partial charge in [0.15, 0.2) is 0 Å². The molecule has 2 nitrogen and oxygen atoms in total. The zero-order valence-electron chi connectivity index (χ0n) is 9.39. The molecule has 0 aliphatic rings. The van der Waals surface area contributed by atoms with Gasteiger partial charge in [0.05, 0.1) is 11.7 Å². The molecule has 2 heteroatoms. The van der Waals surface area contributed by atoms with E-state index in [0.717, 1.165) is 0 Å². The van der Waals surface area contributed by atoms with Crippen LogP contribution in [0.3, 0.4) is 0 Å². The van der Waals surface area contributed by atoms with Gasteiger partial charge in [-0.25, -0.2) is 0 Å². The molecule has 0 saturated carbocycles. The maximum Gasteiger partial charge on any atom is 0.0903 e. The van der Waals surface area contributed by atoms with E-state index in [1.807, 2.05) is 13.8 Å². The van der Waals surface area contributed by atoms with Gasteiger partial charge in [-0.1, -0.05) is 20.8 Å². The first-order chi connectivity index (χ1) is 5.25. The topological polar surface area (TPSA) is 18.5 Å². The van der Waals surface area contributed by atoms with E-state index in [1.165, 1.54) is 0 Å². The molecular weight excluding hydrogens is 152 g/mol. The van der Waals surface area contributed by atoms with Gasteiger partial charge >= 0.3 is 0 Å². The van der Waals surface area contributed by atoms with Crippen molar-refractivity contribution in [2.24, 2.45) is 5.41 Å². The van der Waals surface area contributed by atoms with E-state index in [0.29, 0.717) is 0 Å². The van der Waals surface area contributed by atoms with E-state index < -0.39 is 0 Å². The standard InChI is InChI=1S/C10H22O2/c1-9(2,3)8(11-6)10(4,5)12-7/h8H,1-7H3/t8-/m1/s1. The van der Waals surface area contributed by atoms with Crippen molar-refractivity contribution in [1.82, 2.24) is 0 Å². The summed E-state index contributed by atoms with van der Waals surface area (Å²) in [5.74, 6) is 0. The fourth-order valence-electron chi connectivity index (χ4n) is 1.79. The first-order valence-electron chi connectivity index (χ1n) is 4.33. The summed E-state index contributed by atoms with van der Waals surface area (Å²) in [6.45, 7) is 10.6. The van der Waals surface area contributed by atoms with Gasteiger partial charge < -0.3 is 9.47 Å². The van der Waals surface area contributed by atoms with Crippen molar-refractivity contribution in [1.29, 1.82) is 0 Å². The van der Waals surface area contributed by atoms with Crippen molar-refractivity contribution in [3.8, 4) is 0 Å². The third-order valence-electron chi connectivity index (χ3n) is 2.18. The van der Waals surface area contributed by atoms with E-state index >= 15 is 0 Å². The molecule has 0 aromatic heterocycles. The highest BCUT2D eigenvalue weighted by Crippen LogP contribution is 2.31. The Kier molecular flexibility index (Phi) is 3.73. The van der Waals surface area contributed by atoms with Gasteiger partial charge in [0.1, 0.15) is 0 Å². The van der Waals surface area contributed by atoms with Gasteiger partial charge in [0.2, 0.25) is 0 Å². The predicted octanol–water partition coefficient (Wildman–Crippen LogP) is 2.47. The number of rotatable bonds is 3. The first-order valence-corrected chi connectivity index (χ1v) is 4.33. The summed E-state index contributed by atoms with van der Waals surface area (Å²) in [5.41, 5.74) is -0.124. The van der Waals surface area contributed by atoms with Crippen LogP contribution >= 0.6 is 0 Å². The molecule has 0 bridgehead atoms. The van der Waals surface area contributed by atoms with Crippen LogP contribution in [0.1, 0.15) is 34.6 Å². The average molecular weight is 174 g/mol. The molecule has 0 aromatic rings. The Labute approximate surface area is 76.3 Å². The van der Waals surface area contributed by atoms with Crippen molar-refractivity contribution in [3.05, 3.63) is 0 Å². The number of ether oxygens (including phenoxy) is 2. The largest absolute Gasteiger partial charge is 0.378 e. The molecule has 0 N–H and O–H groups in total. The van der Waals surface area contributed by atoms with Crippen molar-refractivity contribution in [2.45, 2.75) is 46.3 Å². The van der Waals surface area contributed by atoms with Gasteiger partial charge in [-0.3, -0.25) is 0 Å². The lowest BCUT2D eigenvalue weighted by Gasteiger charge is -2.40. The number of methoxy groups -OCH3 is 2. The van der Waals surface area contributed by atoms with Crippen LogP contribution in [0.15, 0.2) is 0 Å². The second-order valence-corrected chi connectivity index (χ2v) is 4.79. The quantitative estimate of drug-likeness (QED) is 0.654. The Morgan fingerprint density at radius 3 is 1.42 bits per heavy atom. The molecule has 0 heterocycles. The monoisotopic (exact) mass is 174 g/mol. The highest BCUT2D eigenvalue weighted by molar-refractivity contribution is 4.88. The van der Waals surface area contributed by atoms with Crippen LogP contribution in [0.5, 0.6) is 0 Å². The predicted molar refractivity (Wildman–Crippen MR) is 51.3 cm³/mol. The van der Waals surface area contributed by atoms with E-state index in [4.69, 9.17) is 9.47 Å². The van der Waals surface area contributed by atoms with E-state index in [2.05, 4.69) is 20.8 Å². The van der Waals surface area contributed by atoms with Crippen molar-refractivity contribution in [2.75, 3.05) is 14.2 Å². The molecule has 0 saturated heterocycles. The van der Waals surface area contributed by atoms with Crippen LogP contribution in [0.2, 0.25) is 0 Å². The highest BCUT2D eigenvalue weighted by Gasteiger charge is 2.38. The maximum absolute atomic E-state index is 5.45. The van der Waals surface area contributed by atoms with Gasteiger partial charge in [-0.2, -0.15) is 0 Å². The van der Waals surface area contributed by atoms with Gasteiger partial charge in [0.25, 0.3) is 0 Å². The molecule has 0 aromatic carbocycles. The van der Waals surface area contributed by atoms with Crippen LogP contribution in [-0.4, -0.2) is 25.9 Å². The summed E-state index contributed by atoms with van der Waals surface area (Å²) in [7, 11) is 3.45. The highest BCUT2D eigenvalue weighted by atomic mass is 16.5. The zero-order chi connectivity index (χ0) is 9.99. The summed E-state index contributed by atoms with van der Waals surface area (Å²) < 4.78 is 10.8. The van der Waals surface area contributed by atoms with Crippen LogP contribution in [0.4, 0.5) is 0 Å². The van der Waals surface area contributed by atoms with Crippen LogP contribution in [0, 0.1) is 5.41 Å². The summed E-state index contributed by atoms with van der Waals surface area (Å²) in [5, 5.41) is 0. The molecular formula is C10H22O2.